The quantitative estimate of drug-likeness (QED) is 0.908. The summed E-state index contributed by atoms with van der Waals surface area (Å²) >= 11 is 1.38. The second kappa shape index (κ2) is 6.40. The van der Waals surface area contributed by atoms with Crippen molar-refractivity contribution in [1.82, 2.24) is 15.1 Å². The molecule has 1 amide bonds. The predicted molar refractivity (Wildman–Crippen MR) is 77.1 cm³/mol. The third-order valence-corrected chi connectivity index (χ3v) is 3.37. The van der Waals surface area contributed by atoms with Gasteiger partial charge in [-0.2, -0.15) is 0 Å². The van der Waals surface area contributed by atoms with Crippen LogP contribution in [0.2, 0.25) is 0 Å². The maximum absolute atomic E-state index is 11.7. The molecule has 0 bridgehead atoms. The van der Waals surface area contributed by atoms with E-state index in [1.165, 1.54) is 11.3 Å². The van der Waals surface area contributed by atoms with Crippen LogP contribution in [0, 0.1) is 0 Å². The Morgan fingerprint density at radius 3 is 2.68 bits per heavy atom. The first kappa shape index (κ1) is 13.6. The van der Waals surface area contributed by atoms with E-state index in [2.05, 4.69) is 15.5 Å². The third-order valence-electron chi connectivity index (χ3n) is 2.48. The van der Waals surface area contributed by atoms with Crippen molar-refractivity contribution in [3.05, 3.63) is 30.3 Å². The lowest BCUT2D eigenvalue weighted by molar-refractivity contribution is -0.116. The summed E-state index contributed by atoms with van der Waals surface area (Å²) in [5, 5.41) is 12.2. The second-order valence-corrected chi connectivity index (χ2v) is 5.36. The highest BCUT2D eigenvalue weighted by atomic mass is 32.1. The number of rotatable bonds is 5. The minimum atomic E-state index is -0.0375. The van der Waals surface area contributed by atoms with Gasteiger partial charge in [0, 0.05) is 18.5 Å². The number of carbonyl (C=O) groups excluding carboxylic acids is 1. The molecule has 0 aliphatic carbocycles. The van der Waals surface area contributed by atoms with E-state index in [-0.39, 0.29) is 5.91 Å². The molecule has 19 heavy (non-hydrogen) atoms. The molecule has 0 spiro atoms. The van der Waals surface area contributed by atoms with Gasteiger partial charge in [-0.3, -0.25) is 4.79 Å². The van der Waals surface area contributed by atoms with Gasteiger partial charge in [-0.05, 0) is 14.1 Å². The van der Waals surface area contributed by atoms with Crippen LogP contribution >= 0.6 is 11.3 Å². The molecular formula is C13H16N4OS. The van der Waals surface area contributed by atoms with Crippen molar-refractivity contribution in [2.24, 2.45) is 0 Å². The Bertz CT molecular complexity index is 539. The normalized spacial score (nSPS) is 10.7. The molecule has 0 aliphatic heterocycles. The van der Waals surface area contributed by atoms with Gasteiger partial charge in [-0.1, -0.05) is 41.7 Å². The molecule has 1 N–H and O–H groups in total. The molecule has 0 fully saturated rings. The molecule has 0 saturated carbocycles. The standard InChI is InChI=1S/C13H16N4OS/c1-17(2)9-8-11(18)14-13-16-15-12(19-13)10-6-4-3-5-7-10/h3-7H,8-9H2,1-2H3,(H,14,16,18). The van der Waals surface area contributed by atoms with E-state index in [1.807, 2.05) is 49.3 Å². The zero-order valence-corrected chi connectivity index (χ0v) is 11.8. The summed E-state index contributed by atoms with van der Waals surface area (Å²) in [7, 11) is 3.87. The van der Waals surface area contributed by atoms with E-state index in [0.717, 1.165) is 17.1 Å². The van der Waals surface area contributed by atoms with Crippen LogP contribution in [-0.2, 0) is 4.79 Å². The maximum atomic E-state index is 11.7. The molecule has 0 saturated heterocycles. The molecule has 2 aromatic rings. The Morgan fingerprint density at radius 1 is 1.26 bits per heavy atom. The highest BCUT2D eigenvalue weighted by Crippen LogP contribution is 2.25. The first-order valence-electron chi connectivity index (χ1n) is 5.98. The number of hydrogen-bond donors (Lipinski definition) is 1. The van der Waals surface area contributed by atoms with Crippen LogP contribution in [0.5, 0.6) is 0 Å². The molecule has 100 valence electrons. The van der Waals surface area contributed by atoms with Crippen molar-refractivity contribution >= 4 is 22.4 Å². The maximum Gasteiger partial charge on any atom is 0.227 e. The van der Waals surface area contributed by atoms with E-state index < -0.39 is 0 Å². The summed E-state index contributed by atoms with van der Waals surface area (Å²) in [5.74, 6) is -0.0375. The zero-order valence-electron chi connectivity index (χ0n) is 11.0. The summed E-state index contributed by atoms with van der Waals surface area (Å²) in [5.41, 5.74) is 1.01. The van der Waals surface area contributed by atoms with Crippen molar-refractivity contribution in [3.8, 4) is 10.6 Å². The number of hydrogen-bond acceptors (Lipinski definition) is 5. The van der Waals surface area contributed by atoms with Crippen molar-refractivity contribution < 1.29 is 4.79 Å². The van der Waals surface area contributed by atoms with Gasteiger partial charge in [0.2, 0.25) is 11.0 Å². The fourth-order valence-electron chi connectivity index (χ4n) is 1.48. The van der Waals surface area contributed by atoms with E-state index >= 15 is 0 Å². The highest BCUT2D eigenvalue weighted by Gasteiger charge is 2.09. The van der Waals surface area contributed by atoms with E-state index in [0.29, 0.717) is 11.6 Å². The minimum Gasteiger partial charge on any atom is -0.309 e. The Kier molecular flexibility index (Phi) is 4.59. The average Bonchev–Trinajstić information content (AvgIpc) is 2.86. The van der Waals surface area contributed by atoms with Crippen LogP contribution in [0.15, 0.2) is 30.3 Å². The lowest BCUT2D eigenvalue weighted by atomic mass is 10.2. The van der Waals surface area contributed by atoms with Crippen LogP contribution in [0.3, 0.4) is 0 Å². The van der Waals surface area contributed by atoms with Crippen LogP contribution < -0.4 is 5.32 Å². The summed E-state index contributed by atoms with van der Waals surface area (Å²) in [4.78, 5) is 13.6. The first-order chi connectivity index (χ1) is 9.15. The summed E-state index contributed by atoms with van der Waals surface area (Å²) in [6, 6.07) is 9.79. The second-order valence-electron chi connectivity index (χ2n) is 4.38. The SMILES string of the molecule is CN(C)CCC(=O)Nc1nnc(-c2ccccc2)s1. The Morgan fingerprint density at radius 2 is 2.00 bits per heavy atom. The fourth-order valence-corrected chi connectivity index (χ4v) is 2.24. The van der Waals surface area contributed by atoms with E-state index in [9.17, 15) is 4.79 Å². The van der Waals surface area contributed by atoms with Gasteiger partial charge in [0.1, 0.15) is 5.01 Å². The number of nitrogens with one attached hydrogen (secondary N) is 1. The molecule has 0 atom stereocenters. The Hall–Kier alpha value is -1.79. The van der Waals surface area contributed by atoms with Gasteiger partial charge in [-0.15, -0.1) is 10.2 Å². The summed E-state index contributed by atoms with van der Waals surface area (Å²) in [6.07, 6.45) is 0.452. The van der Waals surface area contributed by atoms with Crippen molar-refractivity contribution in [2.45, 2.75) is 6.42 Å². The van der Waals surface area contributed by atoms with E-state index in [4.69, 9.17) is 0 Å². The van der Waals surface area contributed by atoms with Gasteiger partial charge in [-0.25, -0.2) is 0 Å². The molecule has 1 heterocycles. The molecular weight excluding hydrogens is 260 g/mol. The van der Waals surface area contributed by atoms with Crippen LogP contribution in [-0.4, -0.2) is 41.6 Å². The van der Waals surface area contributed by atoms with Gasteiger partial charge in [0.05, 0.1) is 0 Å². The van der Waals surface area contributed by atoms with Crippen LogP contribution in [0.1, 0.15) is 6.42 Å². The molecule has 5 nitrogen and oxygen atoms in total. The Balaban J connectivity index is 1.96. The smallest absolute Gasteiger partial charge is 0.227 e. The van der Waals surface area contributed by atoms with Gasteiger partial charge < -0.3 is 10.2 Å². The van der Waals surface area contributed by atoms with Crippen molar-refractivity contribution in [3.63, 3.8) is 0 Å². The number of amides is 1. The highest BCUT2D eigenvalue weighted by molar-refractivity contribution is 7.18. The number of benzene rings is 1. The number of anilines is 1. The fraction of sp³-hybridized carbons (Fsp3) is 0.308. The predicted octanol–water partition coefficient (Wildman–Crippen LogP) is 2.10. The topological polar surface area (TPSA) is 58.1 Å². The summed E-state index contributed by atoms with van der Waals surface area (Å²) in [6.45, 7) is 0.718. The van der Waals surface area contributed by atoms with Crippen molar-refractivity contribution in [1.29, 1.82) is 0 Å². The molecule has 1 aromatic heterocycles. The zero-order chi connectivity index (χ0) is 13.7. The number of carbonyl (C=O) groups is 1. The average molecular weight is 276 g/mol. The Labute approximate surface area is 116 Å². The largest absolute Gasteiger partial charge is 0.309 e. The van der Waals surface area contributed by atoms with Crippen molar-refractivity contribution in [2.75, 3.05) is 26.0 Å². The minimum absolute atomic E-state index is 0.0375. The van der Waals surface area contributed by atoms with Gasteiger partial charge in [0.25, 0.3) is 0 Å². The van der Waals surface area contributed by atoms with Gasteiger partial charge >= 0.3 is 0 Å². The third kappa shape index (κ3) is 4.11. The van der Waals surface area contributed by atoms with Gasteiger partial charge in [0.15, 0.2) is 0 Å². The number of nitrogens with zero attached hydrogens (tertiary/aromatic N) is 3. The monoisotopic (exact) mass is 276 g/mol. The number of aromatic nitrogens is 2. The first-order valence-corrected chi connectivity index (χ1v) is 6.80. The molecule has 2 rings (SSSR count). The molecule has 0 aliphatic rings. The molecule has 6 heteroatoms. The molecule has 1 aromatic carbocycles. The van der Waals surface area contributed by atoms with E-state index in [1.54, 1.807) is 0 Å². The lowest BCUT2D eigenvalue weighted by Crippen LogP contribution is -2.20. The van der Waals surface area contributed by atoms with Crippen LogP contribution in [0.4, 0.5) is 5.13 Å². The van der Waals surface area contributed by atoms with Crippen LogP contribution in [0.25, 0.3) is 10.6 Å². The summed E-state index contributed by atoms with van der Waals surface area (Å²) < 4.78 is 0. The lowest BCUT2D eigenvalue weighted by Gasteiger charge is -2.07. The molecule has 0 unspecified atom stereocenters. The molecule has 0 radical (unpaired) electrons.